The summed E-state index contributed by atoms with van der Waals surface area (Å²) in [7, 11) is 0. The van der Waals surface area contributed by atoms with Gasteiger partial charge < -0.3 is 5.11 Å². The van der Waals surface area contributed by atoms with Gasteiger partial charge >= 0.3 is 5.69 Å². The van der Waals surface area contributed by atoms with Crippen molar-refractivity contribution >= 4 is 40.3 Å². The molecule has 2 rings (SSSR count). The number of phenols is 1. The van der Waals surface area contributed by atoms with Gasteiger partial charge in [0.15, 0.2) is 0 Å². The zero-order chi connectivity index (χ0) is 16.4. The fourth-order valence-corrected chi connectivity index (χ4v) is 2.47. The molecule has 2 aromatic rings. The Balaban J connectivity index is 2.61. The lowest BCUT2D eigenvalue weighted by Crippen LogP contribution is -1.99. The molecule has 0 unspecified atom stereocenters. The van der Waals surface area contributed by atoms with Crippen LogP contribution in [-0.2, 0) is 0 Å². The Hall–Kier alpha value is -2.11. The van der Waals surface area contributed by atoms with Gasteiger partial charge in [0, 0.05) is 22.4 Å². The second kappa shape index (κ2) is 6.34. The Morgan fingerprint density at radius 3 is 2.59 bits per heavy atom. The lowest BCUT2D eigenvalue weighted by atomic mass is 10.1. The second-order valence-electron chi connectivity index (χ2n) is 4.68. The first-order valence-corrected chi connectivity index (χ1v) is 7.04. The van der Waals surface area contributed by atoms with Crippen molar-refractivity contribution in [2.24, 2.45) is 4.99 Å². The number of halogens is 2. The van der Waals surface area contributed by atoms with Gasteiger partial charge in [-0.05, 0) is 31.5 Å². The van der Waals surface area contributed by atoms with Crippen molar-refractivity contribution < 1.29 is 10.0 Å². The molecule has 0 saturated heterocycles. The lowest BCUT2D eigenvalue weighted by Gasteiger charge is -2.08. The number of aliphatic imine (C=N–C) groups is 1. The highest BCUT2D eigenvalue weighted by atomic mass is 35.5. The average Bonchev–Trinajstić information content (AvgIpc) is 2.44. The molecule has 22 heavy (non-hydrogen) atoms. The number of para-hydroxylation sites is 1. The lowest BCUT2D eigenvalue weighted by molar-refractivity contribution is -0.385. The Labute approximate surface area is 137 Å². The first kappa shape index (κ1) is 16.3. The summed E-state index contributed by atoms with van der Waals surface area (Å²) in [4.78, 5) is 14.6. The summed E-state index contributed by atoms with van der Waals surface area (Å²) in [6.45, 7) is 3.47. The van der Waals surface area contributed by atoms with E-state index in [1.807, 2.05) is 13.0 Å². The van der Waals surface area contributed by atoms with Crippen LogP contribution in [0.2, 0.25) is 10.0 Å². The standard InChI is InChI=1S/C15H12Cl2N2O3/c1-8-4-3-5-12(17)14(8)18-9(2)11-6-10(16)7-13(15(11)20)19(21)22/h3-7,20H,1-2H3. The summed E-state index contributed by atoms with van der Waals surface area (Å²) < 4.78 is 0. The number of nitro benzene ring substituents is 1. The number of benzene rings is 2. The minimum absolute atomic E-state index is 0.143. The van der Waals surface area contributed by atoms with E-state index in [2.05, 4.69) is 4.99 Å². The smallest absolute Gasteiger partial charge is 0.312 e. The second-order valence-corrected chi connectivity index (χ2v) is 5.52. The number of phenolic OH excluding ortho intramolecular Hbond substituents is 1. The third-order valence-corrected chi connectivity index (χ3v) is 3.63. The van der Waals surface area contributed by atoms with Crippen molar-refractivity contribution in [3.63, 3.8) is 0 Å². The molecule has 2 aromatic carbocycles. The van der Waals surface area contributed by atoms with Gasteiger partial charge in [0.1, 0.15) is 0 Å². The van der Waals surface area contributed by atoms with Crippen molar-refractivity contribution in [1.82, 2.24) is 0 Å². The van der Waals surface area contributed by atoms with Crippen molar-refractivity contribution in [2.75, 3.05) is 0 Å². The first-order valence-electron chi connectivity index (χ1n) is 6.29. The monoisotopic (exact) mass is 338 g/mol. The largest absolute Gasteiger partial charge is 0.502 e. The van der Waals surface area contributed by atoms with Crippen LogP contribution in [0.5, 0.6) is 5.75 Å². The maximum atomic E-state index is 10.9. The number of aromatic hydroxyl groups is 1. The van der Waals surface area contributed by atoms with E-state index < -0.39 is 16.4 Å². The maximum absolute atomic E-state index is 10.9. The number of nitrogens with zero attached hydrogens (tertiary/aromatic N) is 2. The summed E-state index contributed by atoms with van der Waals surface area (Å²) in [6, 6.07) is 7.86. The fraction of sp³-hybridized carbons (Fsp3) is 0.133. The van der Waals surface area contributed by atoms with Gasteiger partial charge in [-0.25, -0.2) is 0 Å². The molecule has 0 heterocycles. The molecule has 0 aliphatic rings. The molecule has 0 saturated carbocycles. The summed E-state index contributed by atoms with van der Waals surface area (Å²) in [5.74, 6) is -0.472. The SMILES string of the molecule is CC(=Nc1c(C)cccc1Cl)c1cc(Cl)cc([N+](=O)[O-])c1O. The van der Waals surface area contributed by atoms with Gasteiger partial charge in [0.05, 0.1) is 15.6 Å². The molecule has 0 atom stereocenters. The van der Waals surface area contributed by atoms with Gasteiger partial charge in [-0.2, -0.15) is 0 Å². The van der Waals surface area contributed by atoms with Crippen LogP contribution in [0.15, 0.2) is 35.3 Å². The van der Waals surface area contributed by atoms with Gasteiger partial charge in [0.2, 0.25) is 5.75 Å². The van der Waals surface area contributed by atoms with Gasteiger partial charge in [-0.3, -0.25) is 15.1 Å². The van der Waals surface area contributed by atoms with E-state index in [1.165, 1.54) is 6.07 Å². The molecule has 0 radical (unpaired) electrons. The number of aryl methyl sites for hydroxylation is 1. The van der Waals surface area contributed by atoms with Crippen LogP contribution in [-0.4, -0.2) is 15.7 Å². The van der Waals surface area contributed by atoms with Crippen LogP contribution in [0.25, 0.3) is 0 Å². The zero-order valence-electron chi connectivity index (χ0n) is 11.8. The molecular formula is C15H12Cl2N2O3. The van der Waals surface area contributed by atoms with Crippen LogP contribution in [0.1, 0.15) is 18.1 Å². The fourth-order valence-electron chi connectivity index (χ4n) is 1.99. The van der Waals surface area contributed by atoms with Crippen LogP contribution in [0.4, 0.5) is 11.4 Å². The summed E-state index contributed by atoms with van der Waals surface area (Å²) >= 11 is 12.0. The van der Waals surface area contributed by atoms with E-state index in [1.54, 1.807) is 19.1 Å². The third kappa shape index (κ3) is 3.21. The van der Waals surface area contributed by atoms with E-state index >= 15 is 0 Å². The van der Waals surface area contributed by atoms with E-state index in [9.17, 15) is 15.2 Å². The topological polar surface area (TPSA) is 75.7 Å². The number of hydrogen-bond acceptors (Lipinski definition) is 4. The van der Waals surface area contributed by atoms with E-state index in [0.717, 1.165) is 11.6 Å². The van der Waals surface area contributed by atoms with Crippen molar-refractivity contribution in [3.05, 3.63) is 61.6 Å². The minimum atomic E-state index is -0.696. The Kier molecular flexibility index (Phi) is 4.68. The molecule has 114 valence electrons. The molecule has 0 aliphatic heterocycles. The number of nitro groups is 1. The minimum Gasteiger partial charge on any atom is -0.502 e. The summed E-state index contributed by atoms with van der Waals surface area (Å²) in [5, 5.41) is 21.6. The molecular weight excluding hydrogens is 327 g/mol. The Bertz CT molecular complexity index is 768. The van der Waals surface area contributed by atoms with Gasteiger partial charge in [-0.15, -0.1) is 0 Å². The molecule has 5 nitrogen and oxygen atoms in total. The first-order chi connectivity index (χ1) is 10.3. The van der Waals surface area contributed by atoms with Crippen molar-refractivity contribution in [2.45, 2.75) is 13.8 Å². The van der Waals surface area contributed by atoms with Crippen molar-refractivity contribution in [3.8, 4) is 5.75 Å². The molecule has 0 amide bonds. The zero-order valence-corrected chi connectivity index (χ0v) is 13.3. The normalized spacial score (nSPS) is 11.5. The van der Waals surface area contributed by atoms with E-state index in [0.29, 0.717) is 16.4 Å². The highest BCUT2D eigenvalue weighted by Crippen LogP contribution is 2.35. The summed E-state index contributed by atoms with van der Waals surface area (Å²) in [6.07, 6.45) is 0. The average molecular weight is 339 g/mol. The molecule has 0 aliphatic carbocycles. The van der Waals surface area contributed by atoms with E-state index in [-0.39, 0.29) is 10.6 Å². The Morgan fingerprint density at radius 2 is 2.00 bits per heavy atom. The molecule has 0 aromatic heterocycles. The highest BCUT2D eigenvalue weighted by Gasteiger charge is 2.20. The van der Waals surface area contributed by atoms with Crippen LogP contribution in [0.3, 0.4) is 0 Å². The Morgan fingerprint density at radius 1 is 1.32 bits per heavy atom. The van der Waals surface area contributed by atoms with Crippen LogP contribution in [0, 0.1) is 17.0 Å². The summed E-state index contributed by atoms with van der Waals surface area (Å²) in [5.41, 5.74) is 1.50. The number of rotatable bonds is 3. The predicted molar refractivity (Wildman–Crippen MR) is 87.8 cm³/mol. The number of hydrogen-bond donors (Lipinski definition) is 1. The molecule has 7 heteroatoms. The van der Waals surface area contributed by atoms with E-state index in [4.69, 9.17) is 23.2 Å². The quantitative estimate of drug-likeness (QED) is 0.483. The molecule has 0 spiro atoms. The highest BCUT2D eigenvalue weighted by molar-refractivity contribution is 6.33. The van der Waals surface area contributed by atoms with Gasteiger partial charge in [0.25, 0.3) is 0 Å². The molecule has 0 fully saturated rings. The predicted octanol–water partition coefficient (Wildman–Crippen LogP) is 5.06. The molecule has 1 N–H and O–H groups in total. The van der Waals surface area contributed by atoms with Crippen molar-refractivity contribution in [1.29, 1.82) is 0 Å². The van der Waals surface area contributed by atoms with Gasteiger partial charge in [-0.1, -0.05) is 35.3 Å². The maximum Gasteiger partial charge on any atom is 0.312 e. The third-order valence-electron chi connectivity index (χ3n) is 3.11. The van der Waals surface area contributed by atoms with Crippen LogP contribution >= 0.6 is 23.2 Å². The molecule has 0 bridgehead atoms. The van der Waals surface area contributed by atoms with Crippen LogP contribution < -0.4 is 0 Å².